The molecule has 120 valence electrons. The summed E-state index contributed by atoms with van der Waals surface area (Å²) in [5.41, 5.74) is 2.71. The number of benzene rings is 1. The van der Waals surface area contributed by atoms with Gasteiger partial charge in [-0.3, -0.25) is 4.40 Å². The molecule has 0 spiro atoms. The predicted octanol–water partition coefficient (Wildman–Crippen LogP) is 5.52. The lowest BCUT2D eigenvalue weighted by molar-refractivity contribution is 0.628. The zero-order valence-electron chi connectivity index (χ0n) is 12.8. The Labute approximate surface area is 143 Å². The fourth-order valence-corrected chi connectivity index (χ4v) is 4.39. The molecule has 0 bridgehead atoms. The van der Waals surface area contributed by atoms with Crippen LogP contribution in [0.1, 0.15) is 31.4 Å². The Kier molecular flexibility index (Phi) is 3.77. The molecule has 4 rings (SSSR count). The number of hydrogen-bond donors (Lipinski definition) is 1. The number of hydrogen-bond acceptors (Lipinski definition) is 3. The molecule has 1 aliphatic carbocycles. The van der Waals surface area contributed by atoms with Crippen LogP contribution in [-0.4, -0.2) is 15.4 Å². The maximum absolute atomic E-state index is 13.4. The van der Waals surface area contributed by atoms with Crippen LogP contribution in [0.2, 0.25) is 5.02 Å². The molecule has 2 heterocycles. The minimum Gasteiger partial charge on any atom is -0.367 e. The molecule has 1 aliphatic rings. The second-order valence-corrected chi connectivity index (χ2v) is 7.30. The van der Waals surface area contributed by atoms with E-state index in [1.807, 2.05) is 0 Å². The first-order chi connectivity index (χ1) is 11.1. The molecule has 3 nitrogen and oxygen atoms in total. The number of nitrogens with zero attached hydrogens (tertiary/aromatic N) is 2. The van der Waals surface area contributed by atoms with E-state index in [0.29, 0.717) is 11.1 Å². The second-order valence-electron chi connectivity index (χ2n) is 6.05. The van der Waals surface area contributed by atoms with Crippen molar-refractivity contribution in [1.82, 2.24) is 9.38 Å². The van der Waals surface area contributed by atoms with Crippen molar-refractivity contribution in [2.24, 2.45) is 0 Å². The van der Waals surface area contributed by atoms with E-state index in [0.717, 1.165) is 27.7 Å². The SMILES string of the molecule is Cc1csc2nc(-c3ccc(F)cc3Cl)c(NC3CCCC3)n12. The third kappa shape index (κ3) is 2.62. The molecule has 0 atom stereocenters. The van der Waals surface area contributed by atoms with Gasteiger partial charge in [0.1, 0.15) is 17.3 Å². The Morgan fingerprint density at radius 2 is 2.13 bits per heavy atom. The Morgan fingerprint density at radius 3 is 2.87 bits per heavy atom. The van der Waals surface area contributed by atoms with Crippen molar-refractivity contribution in [3.05, 3.63) is 40.1 Å². The molecule has 1 saturated carbocycles. The standard InChI is InChI=1S/C17H17ClFN3S/c1-10-9-23-17-21-15(13-7-6-11(19)8-14(13)18)16(22(10)17)20-12-4-2-3-5-12/h6-9,12,20H,2-5H2,1H3. The van der Waals surface area contributed by atoms with Crippen LogP contribution in [0.5, 0.6) is 0 Å². The highest BCUT2D eigenvalue weighted by molar-refractivity contribution is 7.15. The Morgan fingerprint density at radius 1 is 1.35 bits per heavy atom. The lowest BCUT2D eigenvalue weighted by atomic mass is 10.1. The topological polar surface area (TPSA) is 29.3 Å². The van der Waals surface area contributed by atoms with Crippen molar-refractivity contribution in [3.63, 3.8) is 0 Å². The molecule has 0 saturated heterocycles. The van der Waals surface area contributed by atoms with Gasteiger partial charge >= 0.3 is 0 Å². The third-order valence-electron chi connectivity index (χ3n) is 4.42. The van der Waals surface area contributed by atoms with E-state index >= 15 is 0 Å². The molecule has 0 aliphatic heterocycles. The number of aryl methyl sites for hydroxylation is 1. The maximum Gasteiger partial charge on any atom is 0.196 e. The minimum absolute atomic E-state index is 0.332. The molecule has 1 fully saturated rings. The summed E-state index contributed by atoms with van der Waals surface area (Å²) in [6.45, 7) is 2.07. The van der Waals surface area contributed by atoms with Gasteiger partial charge < -0.3 is 5.32 Å². The van der Waals surface area contributed by atoms with E-state index in [2.05, 4.69) is 22.0 Å². The average Bonchev–Trinajstić information content (AvgIpc) is 3.20. The van der Waals surface area contributed by atoms with Crippen LogP contribution in [0.25, 0.3) is 16.2 Å². The van der Waals surface area contributed by atoms with Crippen molar-refractivity contribution < 1.29 is 4.39 Å². The van der Waals surface area contributed by atoms with Gasteiger partial charge in [0, 0.05) is 22.7 Å². The second kappa shape index (κ2) is 5.80. The van der Waals surface area contributed by atoms with E-state index in [1.165, 1.54) is 37.8 Å². The molecule has 2 aromatic heterocycles. The molecule has 1 N–H and O–H groups in total. The monoisotopic (exact) mass is 349 g/mol. The Bertz CT molecular complexity index is 864. The first-order valence-electron chi connectivity index (χ1n) is 7.82. The fourth-order valence-electron chi connectivity index (χ4n) is 3.26. The van der Waals surface area contributed by atoms with Gasteiger partial charge in [-0.1, -0.05) is 24.4 Å². The van der Waals surface area contributed by atoms with Crippen LogP contribution in [-0.2, 0) is 0 Å². The van der Waals surface area contributed by atoms with E-state index in [-0.39, 0.29) is 5.82 Å². The van der Waals surface area contributed by atoms with E-state index < -0.39 is 0 Å². The number of aromatic nitrogens is 2. The number of anilines is 1. The normalized spacial score (nSPS) is 15.6. The number of fused-ring (bicyclic) bond motifs is 1. The lowest BCUT2D eigenvalue weighted by Gasteiger charge is -2.15. The molecular weight excluding hydrogens is 333 g/mol. The molecular formula is C17H17ClFN3S. The first kappa shape index (κ1) is 15.0. The summed E-state index contributed by atoms with van der Waals surface area (Å²) in [4.78, 5) is 5.68. The van der Waals surface area contributed by atoms with Gasteiger partial charge in [0.2, 0.25) is 0 Å². The van der Waals surface area contributed by atoms with Crippen LogP contribution in [0, 0.1) is 12.7 Å². The van der Waals surface area contributed by atoms with Crippen molar-refractivity contribution in [2.45, 2.75) is 38.6 Å². The summed E-state index contributed by atoms with van der Waals surface area (Å²) in [5, 5.41) is 6.14. The van der Waals surface area contributed by atoms with E-state index in [9.17, 15) is 4.39 Å². The van der Waals surface area contributed by atoms with Gasteiger partial charge in [-0.05, 0) is 38.0 Å². The van der Waals surface area contributed by atoms with Crippen molar-refractivity contribution in [2.75, 3.05) is 5.32 Å². The van der Waals surface area contributed by atoms with Gasteiger partial charge in [-0.15, -0.1) is 11.3 Å². The smallest absolute Gasteiger partial charge is 0.196 e. The number of rotatable bonds is 3. The molecule has 3 aromatic rings. The molecule has 0 unspecified atom stereocenters. The van der Waals surface area contributed by atoms with Crippen LogP contribution < -0.4 is 5.32 Å². The first-order valence-corrected chi connectivity index (χ1v) is 9.08. The highest BCUT2D eigenvalue weighted by Crippen LogP contribution is 2.37. The van der Waals surface area contributed by atoms with Crippen LogP contribution >= 0.6 is 22.9 Å². The predicted molar refractivity (Wildman–Crippen MR) is 94.1 cm³/mol. The van der Waals surface area contributed by atoms with Gasteiger partial charge in [0.15, 0.2) is 4.96 Å². The Hall–Kier alpha value is -1.59. The highest BCUT2D eigenvalue weighted by Gasteiger charge is 2.23. The van der Waals surface area contributed by atoms with Crippen molar-refractivity contribution in [1.29, 1.82) is 0 Å². The molecule has 6 heteroatoms. The number of halogens is 2. The zero-order valence-corrected chi connectivity index (χ0v) is 14.3. The average molecular weight is 350 g/mol. The largest absolute Gasteiger partial charge is 0.367 e. The summed E-state index contributed by atoms with van der Waals surface area (Å²) < 4.78 is 15.5. The quantitative estimate of drug-likeness (QED) is 0.674. The summed E-state index contributed by atoms with van der Waals surface area (Å²) in [6.07, 6.45) is 4.86. The van der Waals surface area contributed by atoms with Crippen molar-refractivity contribution in [3.8, 4) is 11.3 Å². The van der Waals surface area contributed by atoms with Crippen molar-refractivity contribution >= 4 is 33.7 Å². The highest BCUT2D eigenvalue weighted by atomic mass is 35.5. The van der Waals surface area contributed by atoms with Gasteiger partial charge in [-0.25, -0.2) is 9.37 Å². The minimum atomic E-state index is -0.332. The molecule has 0 amide bonds. The van der Waals surface area contributed by atoms with Crippen LogP contribution in [0.4, 0.5) is 10.2 Å². The van der Waals surface area contributed by atoms with E-state index in [1.54, 1.807) is 17.4 Å². The number of nitrogens with one attached hydrogen (secondary N) is 1. The fraction of sp³-hybridized carbons (Fsp3) is 0.353. The summed E-state index contributed by atoms with van der Waals surface area (Å²) in [5.74, 6) is 0.639. The van der Waals surface area contributed by atoms with Crippen LogP contribution in [0.3, 0.4) is 0 Å². The van der Waals surface area contributed by atoms with E-state index in [4.69, 9.17) is 16.6 Å². The lowest BCUT2D eigenvalue weighted by Crippen LogP contribution is -2.16. The summed E-state index contributed by atoms with van der Waals surface area (Å²) in [6, 6.07) is 4.95. The molecule has 1 aromatic carbocycles. The van der Waals surface area contributed by atoms with Crippen LogP contribution in [0.15, 0.2) is 23.6 Å². The van der Waals surface area contributed by atoms with Gasteiger partial charge in [0.25, 0.3) is 0 Å². The molecule has 0 radical (unpaired) electrons. The summed E-state index contributed by atoms with van der Waals surface area (Å²) in [7, 11) is 0. The molecule has 23 heavy (non-hydrogen) atoms. The summed E-state index contributed by atoms with van der Waals surface area (Å²) >= 11 is 7.88. The maximum atomic E-state index is 13.4. The third-order valence-corrected chi connectivity index (χ3v) is 5.67. The van der Waals surface area contributed by atoms with Gasteiger partial charge in [0.05, 0.1) is 5.02 Å². The number of thiazole rings is 1. The zero-order chi connectivity index (χ0) is 16.0. The number of imidazole rings is 1. The van der Waals surface area contributed by atoms with Gasteiger partial charge in [-0.2, -0.15) is 0 Å². The Balaban J connectivity index is 1.87.